The summed E-state index contributed by atoms with van der Waals surface area (Å²) >= 11 is 0. The quantitative estimate of drug-likeness (QED) is 0.634. The number of anilines is 1. The van der Waals surface area contributed by atoms with E-state index in [1.807, 2.05) is 6.92 Å². The second kappa shape index (κ2) is 11.6. The van der Waals surface area contributed by atoms with Gasteiger partial charge in [-0.3, -0.25) is 14.4 Å². The van der Waals surface area contributed by atoms with Gasteiger partial charge in [0, 0.05) is 45.5 Å². The highest BCUT2D eigenvalue weighted by Crippen LogP contribution is 2.27. The van der Waals surface area contributed by atoms with Gasteiger partial charge >= 0.3 is 6.18 Å². The summed E-state index contributed by atoms with van der Waals surface area (Å²) in [6.07, 6.45) is -5.65. The zero-order valence-electron chi connectivity index (χ0n) is 20.2. The van der Waals surface area contributed by atoms with Gasteiger partial charge in [0.2, 0.25) is 10.0 Å². The Bertz CT molecular complexity index is 942. The molecule has 1 aliphatic heterocycles. The molecule has 0 radical (unpaired) electrons. The minimum Gasteiger partial charge on any atom is -0.491 e. The number of fused-ring (bicyclic) bond motifs is 1. The van der Waals surface area contributed by atoms with E-state index < -0.39 is 28.7 Å². The van der Waals surface area contributed by atoms with Crippen molar-refractivity contribution < 1.29 is 35.9 Å². The van der Waals surface area contributed by atoms with Crippen molar-refractivity contribution in [3.05, 3.63) is 23.8 Å². The summed E-state index contributed by atoms with van der Waals surface area (Å²) in [7, 11) is -0.469. The zero-order valence-corrected chi connectivity index (χ0v) is 21.0. The molecule has 1 aromatic rings. The number of sulfonamides is 1. The number of nitrogens with one attached hydrogen (secondary N) is 1. The third-order valence-electron chi connectivity index (χ3n) is 5.91. The molecule has 0 bridgehead atoms. The molecule has 1 heterocycles. The first-order valence-corrected chi connectivity index (χ1v) is 12.8. The van der Waals surface area contributed by atoms with Gasteiger partial charge in [0.05, 0.1) is 23.8 Å². The molecule has 194 valence electrons. The van der Waals surface area contributed by atoms with Gasteiger partial charge in [0.25, 0.3) is 5.91 Å². The van der Waals surface area contributed by atoms with E-state index in [9.17, 15) is 26.4 Å². The fourth-order valence-corrected chi connectivity index (χ4v) is 4.38. The highest BCUT2D eigenvalue weighted by atomic mass is 32.2. The number of methoxy groups -OCH3 is 1. The summed E-state index contributed by atoms with van der Waals surface area (Å²) in [6.45, 7) is 5.54. The average molecular weight is 510 g/mol. The molecular formula is C22H34F3N3O5S. The number of nitrogens with zero attached hydrogens (tertiary/aromatic N) is 2. The molecule has 3 atom stereocenters. The van der Waals surface area contributed by atoms with E-state index in [2.05, 4.69) is 4.72 Å². The number of hydrogen-bond acceptors (Lipinski definition) is 6. The van der Waals surface area contributed by atoms with E-state index in [-0.39, 0.29) is 60.3 Å². The van der Waals surface area contributed by atoms with Crippen LogP contribution in [0.4, 0.5) is 18.9 Å². The summed E-state index contributed by atoms with van der Waals surface area (Å²) in [5.74, 6) is -0.462. The van der Waals surface area contributed by atoms with E-state index in [0.29, 0.717) is 6.54 Å². The van der Waals surface area contributed by atoms with E-state index >= 15 is 0 Å². The molecular weight excluding hydrogens is 475 g/mol. The third-order valence-corrected chi connectivity index (χ3v) is 7.22. The average Bonchev–Trinajstić information content (AvgIpc) is 2.76. The summed E-state index contributed by atoms with van der Waals surface area (Å²) in [5, 5.41) is 0. The maximum absolute atomic E-state index is 13.2. The smallest absolute Gasteiger partial charge is 0.390 e. The number of hydrogen-bond donors (Lipinski definition) is 1. The predicted molar refractivity (Wildman–Crippen MR) is 124 cm³/mol. The Balaban J connectivity index is 2.42. The fraction of sp³-hybridized carbons (Fsp3) is 0.682. The van der Waals surface area contributed by atoms with Crippen LogP contribution in [0.3, 0.4) is 0 Å². The number of amides is 1. The fourth-order valence-electron chi connectivity index (χ4n) is 3.75. The standard InChI is InChI=1S/C22H34F3N3O5S/c1-6-34(30,31)26-17-7-8-19-18(11-17)21(29)27(4)13-20(32-5)15(2)12-28(16(3)14-33-19)10-9-22(23,24)25/h7-8,11,15-16,20,26H,6,9-10,12-14H2,1-5H3/t15-,16-,20+/m0/s1. The van der Waals surface area contributed by atoms with Gasteiger partial charge in [-0.1, -0.05) is 6.92 Å². The van der Waals surface area contributed by atoms with Gasteiger partial charge in [-0.2, -0.15) is 13.2 Å². The van der Waals surface area contributed by atoms with Crippen LogP contribution in [0.5, 0.6) is 5.75 Å². The van der Waals surface area contributed by atoms with E-state index in [0.717, 1.165) is 0 Å². The first kappa shape index (κ1) is 28.2. The van der Waals surface area contributed by atoms with Gasteiger partial charge in [0.1, 0.15) is 12.4 Å². The monoisotopic (exact) mass is 509 g/mol. The van der Waals surface area contributed by atoms with Crippen molar-refractivity contribution in [2.75, 3.05) is 50.9 Å². The minimum atomic E-state index is -4.28. The SMILES string of the molecule is CCS(=O)(=O)Nc1ccc2c(c1)C(=O)N(C)C[C@@H](OC)[C@@H](C)CN(CCC(F)(F)F)[C@@H](C)CO2. The van der Waals surface area contributed by atoms with Crippen LogP contribution in [0.1, 0.15) is 37.6 Å². The third kappa shape index (κ3) is 8.02. The summed E-state index contributed by atoms with van der Waals surface area (Å²) in [4.78, 5) is 16.4. The topological polar surface area (TPSA) is 88.2 Å². The lowest BCUT2D eigenvalue weighted by Crippen LogP contribution is -2.47. The number of carbonyl (C=O) groups excluding carboxylic acids is 1. The molecule has 0 aromatic heterocycles. The van der Waals surface area contributed by atoms with Crippen molar-refractivity contribution in [1.29, 1.82) is 0 Å². The van der Waals surface area contributed by atoms with Crippen LogP contribution >= 0.6 is 0 Å². The Kier molecular flexibility index (Phi) is 9.61. The molecule has 1 aliphatic rings. The Morgan fingerprint density at radius 2 is 1.91 bits per heavy atom. The Labute approximate surface area is 199 Å². The lowest BCUT2D eigenvalue weighted by Gasteiger charge is -2.36. The largest absolute Gasteiger partial charge is 0.491 e. The molecule has 34 heavy (non-hydrogen) atoms. The highest BCUT2D eigenvalue weighted by molar-refractivity contribution is 7.92. The molecule has 0 saturated carbocycles. The normalized spacial score (nSPS) is 23.5. The van der Waals surface area contributed by atoms with Crippen molar-refractivity contribution >= 4 is 21.6 Å². The van der Waals surface area contributed by atoms with Crippen LogP contribution in [0.15, 0.2) is 18.2 Å². The van der Waals surface area contributed by atoms with Crippen LogP contribution in [-0.2, 0) is 14.8 Å². The molecule has 0 saturated heterocycles. The summed E-state index contributed by atoms with van der Waals surface area (Å²) < 4.78 is 76.6. The minimum absolute atomic E-state index is 0.0479. The maximum Gasteiger partial charge on any atom is 0.390 e. The molecule has 0 unspecified atom stereocenters. The highest BCUT2D eigenvalue weighted by Gasteiger charge is 2.32. The van der Waals surface area contributed by atoms with Gasteiger partial charge in [-0.25, -0.2) is 8.42 Å². The number of alkyl halides is 3. The molecule has 1 amide bonds. The summed E-state index contributed by atoms with van der Waals surface area (Å²) in [5.41, 5.74) is 0.366. The van der Waals surface area contributed by atoms with E-state index in [1.54, 1.807) is 18.9 Å². The molecule has 8 nitrogen and oxygen atoms in total. The molecule has 0 spiro atoms. The van der Waals surface area contributed by atoms with Crippen LogP contribution in [0, 0.1) is 5.92 Å². The maximum atomic E-state index is 13.2. The number of rotatable bonds is 6. The molecule has 12 heteroatoms. The van der Waals surface area contributed by atoms with Crippen LogP contribution < -0.4 is 9.46 Å². The predicted octanol–water partition coefficient (Wildman–Crippen LogP) is 3.21. The van der Waals surface area contributed by atoms with E-state index in [4.69, 9.17) is 9.47 Å². The lowest BCUT2D eigenvalue weighted by atomic mass is 10.0. The first-order chi connectivity index (χ1) is 15.8. The first-order valence-electron chi connectivity index (χ1n) is 11.1. The van der Waals surface area contributed by atoms with Crippen LogP contribution in [0.2, 0.25) is 0 Å². The van der Waals surface area contributed by atoms with Crippen LogP contribution in [0.25, 0.3) is 0 Å². The van der Waals surface area contributed by atoms with Crippen molar-refractivity contribution in [3.63, 3.8) is 0 Å². The van der Waals surface area contributed by atoms with Crippen LogP contribution in [-0.4, -0.2) is 88.6 Å². The lowest BCUT2D eigenvalue weighted by molar-refractivity contribution is -0.140. The molecule has 0 fully saturated rings. The number of halogens is 3. The number of likely N-dealkylation sites (N-methyl/N-ethyl adjacent to an activating group) is 1. The van der Waals surface area contributed by atoms with Crippen molar-refractivity contribution in [2.24, 2.45) is 5.92 Å². The number of ether oxygens (including phenoxy) is 2. The van der Waals surface area contributed by atoms with E-state index in [1.165, 1.54) is 37.1 Å². The zero-order chi connectivity index (χ0) is 25.7. The van der Waals surface area contributed by atoms with Gasteiger partial charge in [-0.05, 0) is 38.0 Å². The van der Waals surface area contributed by atoms with Crippen molar-refractivity contribution in [3.8, 4) is 5.75 Å². The molecule has 1 aromatic carbocycles. The molecule has 1 N–H and O–H groups in total. The Morgan fingerprint density at radius 3 is 2.50 bits per heavy atom. The number of benzene rings is 1. The summed E-state index contributed by atoms with van der Waals surface area (Å²) in [6, 6.07) is 4.01. The van der Waals surface area contributed by atoms with Gasteiger partial charge in [-0.15, -0.1) is 0 Å². The van der Waals surface area contributed by atoms with Gasteiger partial charge in [0.15, 0.2) is 0 Å². The van der Waals surface area contributed by atoms with Gasteiger partial charge < -0.3 is 14.4 Å². The van der Waals surface area contributed by atoms with Crippen molar-refractivity contribution in [1.82, 2.24) is 9.80 Å². The Hall–Kier alpha value is -2.05. The Morgan fingerprint density at radius 1 is 1.24 bits per heavy atom. The molecule has 0 aliphatic carbocycles. The number of carbonyl (C=O) groups is 1. The molecule has 2 rings (SSSR count). The second-order valence-corrected chi connectivity index (χ2v) is 10.7. The van der Waals surface area contributed by atoms with Crippen molar-refractivity contribution in [2.45, 2.75) is 45.5 Å². The second-order valence-electron chi connectivity index (χ2n) is 8.67.